The molecule has 0 atom stereocenters. The molecule has 2 aromatic carbocycles. The summed E-state index contributed by atoms with van der Waals surface area (Å²) in [4.78, 5) is 21.0. The van der Waals surface area contributed by atoms with Gasteiger partial charge in [0.15, 0.2) is 6.29 Å². The highest BCUT2D eigenvalue weighted by molar-refractivity contribution is 6.39. The number of aromatic nitrogens is 1. The van der Waals surface area contributed by atoms with Crippen molar-refractivity contribution in [3.05, 3.63) is 82.2 Å². The lowest BCUT2D eigenvalue weighted by molar-refractivity contribution is 0.112. The van der Waals surface area contributed by atoms with Crippen LogP contribution in [0.2, 0.25) is 0 Å². The zero-order valence-electron chi connectivity index (χ0n) is 18.8. The van der Waals surface area contributed by atoms with Crippen molar-refractivity contribution in [3.8, 4) is 11.1 Å². The first-order valence-corrected chi connectivity index (χ1v) is 10.3. The number of anilines is 1. The highest BCUT2D eigenvalue weighted by atomic mass is 19.1. The van der Waals surface area contributed by atoms with Gasteiger partial charge in [0.1, 0.15) is 27.3 Å². The van der Waals surface area contributed by atoms with Crippen LogP contribution in [0.15, 0.2) is 47.6 Å². The number of pyridine rings is 1. The second-order valence-corrected chi connectivity index (χ2v) is 7.95. The minimum absolute atomic E-state index is 0.000520. The summed E-state index contributed by atoms with van der Waals surface area (Å²) >= 11 is 0. The summed E-state index contributed by atoms with van der Waals surface area (Å²) in [5.41, 5.74) is 7.70. The molecule has 0 amide bonds. The molecular weight excluding hydrogens is 436 g/mol. The van der Waals surface area contributed by atoms with E-state index in [0.29, 0.717) is 17.5 Å². The van der Waals surface area contributed by atoms with Crippen molar-refractivity contribution in [1.29, 1.82) is 0 Å². The zero-order chi connectivity index (χ0) is 25.0. The average molecular weight is 458 g/mol. The second-order valence-electron chi connectivity index (χ2n) is 7.95. The monoisotopic (exact) mass is 458 g/mol. The number of halogens is 2. The smallest absolute Gasteiger partial charge is 0.151 e. The van der Waals surface area contributed by atoms with Crippen molar-refractivity contribution >= 4 is 33.9 Å². The quantitative estimate of drug-likeness (QED) is 0.235. The number of hydrogen-bond acceptors (Lipinski definition) is 6. The fraction of sp³-hybridized carbons (Fsp3) is 0.208. The maximum atomic E-state index is 15.2. The predicted octanol–water partition coefficient (Wildman–Crippen LogP) is 2.54. The van der Waals surface area contributed by atoms with Crippen molar-refractivity contribution in [1.82, 2.24) is 9.88 Å². The molecule has 3 N–H and O–H groups in total. The summed E-state index contributed by atoms with van der Waals surface area (Å²) in [6.07, 6.45) is 3.63. The molecule has 34 heavy (non-hydrogen) atoms. The van der Waals surface area contributed by atoms with Crippen LogP contribution in [0, 0.1) is 11.6 Å². The van der Waals surface area contributed by atoms with E-state index in [-0.39, 0.29) is 46.6 Å². The van der Waals surface area contributed by atoms with Gasteiger partial charge in [0.05, 0.1) is 5.69 Å². The van der Waals surface area contributed by atoms with Crippen LogP contribution < -0.4 is 5.73 Å². The summed E-state index contributed by atoms with van der Waals surface area (Å²) in [6.45, 7) is 0.351. The first-order valence-electron chi connectivity index (χ1n) is 10.3. The molecule has 0 spiro atoms. The molecule has 0 saturated carbocycles. The normalized spacial score (nSPS) is 11.9. The Morgan fingerprint density at radius 3 is 2.56 bits per heavy atom. The van der Waals surface area contributed by atoms with Crippen molar-refractivity contribution in [2.45, 2.75) is 18.5 Å². The van der Waals surface area contributed by atoms with Gasteiger partial charge in [0.2, 0.25) is 0 Å². The van der Waals surface area contributed by atoms with Gasteiger partial charge in [-0.1, -0.05) is 12.1 Å². The Labute approximate surface area is 199 Å². The fourth-order valence-electron chi connectivity index (χ4n) is 3.70. The molecule has 1 aromatic heterocycles. The van der Waals surface area contributed by atoms with Gasteiger partial charge < -0.3 is 10.8 Å². The molecule has 170 valence electrons. The molecule has 0 fully saturated rings. The minimum Gasteiger partial charge on any atom is -0.405 e. The maximum absolute atomic E-state index is 15.2. The summed E-state index contributed by atoms with van der Waals surface area (Å²) in [6, 6.07) is 8.28. The number of carbonyl (C=O) groups is 1. The molecule has 3 aromatic rings. The van der Waals surface area contributed by atoms with E-state index in [1.165, 1.54) is 25.4 Å². The Morgan fingerprint density at radius 1 is 1.18 bits per heavy atom. The molecule has 6 nitrogen and oxygen atoms in total. The predicted molar refractivity (Wildman–Crippen MR) is 130 cm³/mol. The lowest BCUT2D eigenvalue weighted by atomic mass is 9.60. The van der Waals surface area contributed by atoms with Crippen molar-refractivity contribution in [2.24, 2.45) is 4.99 Å². The number of carbonyl (C=O) groups excluding carboxylic acids is 1. The molecule has 0 saturated heterocycles. The van der Waals surface area contributed by atoms with Crippen LogP contribution in [-0.2, 0) is 18.5 Å². The average Bonchev–Trinajstić information content (AvgIpc) is 2.77. The first-order chi connectivity index (χ1) is 16.1. The van der Waals surface area contributed by atoms with Crippen molar-refractivity contribution < 1.29 is 18.7 Å². The lowest BCUT2D eigenvalue weighted by Gasteiger charge is -2.24. The van der Waals surface area contributed by atoms with E-state index in [9.17, 15) is 9.90 Å². The third-order valence-electron chi connectivity index (χ3n) is 5.32. The van der Waals surface area contributed by atoms with Crippen LogP contribution in [0.25, 0.3) is 11.1 Å². The topological polar surface area (TPSA) is 91.8 Å². The van der Waals surface area contributed by atoms with Gasteiger partial charge in [0, 0.05) is 65.9 Å². The summed E-state index contributed by atoms with van der Waals surface area (Å²) in [5, 5.41) is 7.74. The molecule has 0 bridgehead atoms. The molecule has 0 aliphatic heterocycles. The van der Waals surface area contributed by atoms with Crippen LogP contribution in [0.4, 0.5) is 14.5 Å². The van der Waals surface area contributed by atoms with Crippen molar-refractivity contribution in [3.63, 3.8) is 0 Å². The van der Waals surface area contributed by atoms with Gasteiger partial charge in [-0.05, 0) is 42.4 Å². The third kappa shape index (κ3) is 5.40. The number of nitrogens with two attached hydrogens (primary N) is 1. The molecule has 3 rings (SSSR count). The number of aliphatic imine (C=N–C) groups is 1. The maximum Gasteiger partial charge on any atom is 0.151 e. The molecule has 0 aliphatic carbocycles. The molecule has 10 heteroatoms. The standard InChI is InChI=1S/C24H22B2F2N4O2/c1-30-10-18-16(5-6-19(23(18)29)24(25,26)34)17-9-20(27)15(8-21(17)28)11-32(2)12-22-14(13-33)4-3-7-31-22/h3-10,13,34H,11-12,29H2,1-2H3. The number of nitrogens with zero attached hydrogens (tertiary/aromatic N) is 3. The van der Waals surface area contributed by atoms with Gasteiger partial charge in [0.25, 0.3) is 0 Å². The second kappa shape index (κ2) is 10.3. The Bertz CT molecular complexity index is 1250. The fourth-order valence-corrected chi connectivity index (χ4v) is 3.70. The molecule has 0 unspecified atom stereocenters. The van der Waals surface area contributed by atoms with Crippen molar-refractivity contribution in [2.75, 3.05) is 19.8 Å². The number of aliphatic hydroxyl groups is 1. The Kier molecular flexibility index (Phi) is 7.64. The van der Waals surface area contributed by atoms with Crippen LogP contribution >= 0.6 is 0 Å². The number of nitrogen functional groups attached to an aromatic ring is 1. The van der Waals surface area contributed by atoms with Gasteiger partial charge in [-0.15, -0.1) is 0 Å². The number of rotatable bonds is 8. The lowest BCUT2D eigenvalue weighted by Crippen LogP contribution is -2.27. The summed E-state index contributed by atoms with van der Waals surface area (Å²) in [7, 11) is 14.3. The summed E-state index contributed by atoms with van der Waals surface area (Å²) < 4.78 is 30.2. The van der Waals surface area contributed by atoms with E-state index in [1.807, 2.05) is 0 Å². The number of benzene rings is 2. The van der Waals surface area contributed by atoms with Crippen LogP contribution in [0.3, 0.4) is 0 Å². The largest absolute Gasteiger partial charge is 0.405 e. The SMILES string of the molecule is [B]C([B])(O)c1ccc(-c2cc(F)c(CN(C)Cc3ncccc3C=O)cc2F)c(C=NC)c1N. The Morgan fingerprint density at radius 2 is 1.91 bits per heavy atom. The third-order valence-corrected chi connectivity index (χ3v) is 5.32. The van der Waals surface area contributed by atoms with E-state index in [4.69, 9.17) is 21.4 Å². The first kappa shape index (κ1) is 25.3. The van der Waals surface area contributed by atoms with E-state index < -0.39 is 17.0 Å². The van der Waals surface area contributed by atoms with E-state index in [2.05, 4.69) is 9.98 Å². The van der Waals surface area contributed by atoms with Gasteiger partial charge >= 0.3 is 0 Å². The Balaban J connectivity index is 1.96. The molecule has 1 heterocycles. The molecule has 0 aliphatic rings. The van der Waals surface area contributed by atoms with E-state index in [1.54, 1.807) is 30.3 Å². The number of aldehydes is 1. The van der Waals surface area contributed by atoms with E-state index >= 15 is 8.78 Å². The Hall–Kier alpha value is -3.36. The van der Waals surface area contributed by atoms with Gasteiger partial charge in [-0.3, -0.25) is 19.7 Å². The number of hydrogen-bond donors (Lipinski definition) is 2. The molecule has 4 radical (unpaired) electrons. The van der Waals surface area contributed by atoms with Crippen LogP contribution in [0.5, 0.6) is 0 Å². The molecular formula is C24H22B2F2N4O2. The zero-order valence-corrected chi connectivity index (χ0v) is 18.8. The van der Waals surface area contributed by atoms with E-state index in [0.717, 1.165) is 12.1 Å². The van der Waals surface area contributed by atoms with Gasteiger partial charge in [-0.2, -0.15) is 0 Å². The highest BCUT2D eigenvalue weighted by Gasteiger charge is 2.23. The summed E-state index contributed by atoms with van der Waals surface area (Å²) in [5.74, 6) is -1.30. The minimum atomic E-state index is -2.21. The van der Waals surface area contributed by atoms with Gasteiger partial charge in [-0.25, -0.2) is 8.78 Å². The highest BCUT2D eigenvalue weighted by Crippen LogP contribution is 2.35. The van der Waals surface area contributed by atoms with Crippen LogP contribution in [-0.4, -0.2) is 57.3 Å². The van der Waals surface area contributed by atoms with Crippen LogP contribution in [0.1, 0.15) is 32.7 Å².